The number of likely N-dealkylation sites (tertiary alicyclic amines) is 1. The molecule has 1 aromatic carbocycles. The number of carbonyl (C=O) groups is 1. The van der Waals surface area contributed by atoms with Gasteiger partial charge in [-0.15, -0.1) is 0 Å². The van der Waals surface area contributed by atoms with Crippen LogP contribution in [0.15, 0.2) is 18.2 Å². The van der Waals surface area contributed by atoms with Crippen LogP contribution in [0.1, 0.15) is 30.9 Å². The second-order valence-electron chi connectivity index (χ2n) is 5.84. The van der Waals surface area contributed by atoms with Crippen LogP contribution >= 0.6 is 0 Å². The Balaban J connectivity index is 1.91. The number of ether oxygens (including phenoxy) is 1. The van der Waals surface area contributed by atoms with E-state index in [1.807, 2.05) is 30.9 Å². The summed E-state index contributed by atoms with van der Waals surface area (Å²) in [5.41, 5.74) is 1.62. The van der Waals surface area contributed by atoms with Gasteiger partial charge in [-0.1, -0.05) is 6.07 Å². The Hall–Kier alpha value is -1.55. The summed E-state index contributed by atoms with van der Waals surface area (Å²) in [4.78, 5) is 13.4. The third-order valence-corrected chi connectivity index (χ3v) is 4.08. The van der Waals surface area contributed by atoms with Gasteiger partial charge in [0.05, 0.1) is 0 Å². The normalized spacial score (nSPS) is 22.9. The first-order valence-electron chi connectivity index (χ1n) is 7.11. The molecule has 1 unspecified atom stereocenters. The summed E-state index contributed by atoms with van der Waals surface area (Å²) >= 11 is 0. The lowest BCUT2D eigenvalue weighted by Gasteiger charge is -2.30. The molecule has 0 radical (unpaired) electrons. The van der Waals surface area contributed by atoms with E-state index < -0.39 is 11.5 Å². The summed E-state index contributed by atoms with van der Waals surface area (Å²) < 4.78 is 5.77. The maximum absolute atomic E-state index is 11.4. The minimum atomic E-state index is -0.735. The minimum Gasteiger partial charge on any atom is -0.492 e. The highest BCUT2D eigenvalue weighted by molar-refractivity contribution is 5.78. The van der Waals surface area contributed by atoms with E-state index in [2.05, 4.69) is 6.07 Å². The number of carboxylic acid groups (broad SMARTS) is 1. The van der Waals surface area contributed by atoms with E-state index in [1.165, 1.54) is 11.1 Å². The third kappa shape index (κ3) is 3.12. The smallest absolute Gasteiger partial charge is 0.323 e. The summed E-state index contributed by atoms with van der Waals surface area (Å²) in [6.07, 6.45) is 1.65. The number of aliphatic carboxylic acids is 1. The first-order chi connectivity index (χ1) is 9.41. The van der Waals surface area contributed by atoms with E-state index in [4.69, 9.17) is 4.74 Å². The molecule has 4 heteroatoms. The number of hydrogen-bond acceptors (Lipinski definition) is 3. The van der Waals surface area contributed by atoms with E-state index in [9.17, 15) is 9.90 Å². The first kappa shape index (κ1) is 14.9. The van der Waals surface area contributed by atoms with Crippen LogP contribution in [0.4, 0.5) is 0 Å². The lowest BCUT2D eigenvalue weighted by molar-refractivity contribution is -0.148. The van der Waals surface area contributed by atoms with Crippen molar-refractivity contribution < 1.29 is 14.6 Å². The molecule has 20 heavy (non-hydrogen) atoms. The largest absolute Gasteiger partial charge is 0.492 e. The van der Waals surface area contributed by atoms with Gasteiger partial charge in [0.1, 0.15) is 17.9 Å². The highest BCUT2D eigenvalue weighted by Crippen LogP contribution is 2.28. The van der Waals surface area contributed by atoms with Gasteiger partial charge < -0.3 is 9.84 Å². The maximum atomic E-state index is 11.4. The molecule has 1 atom stereocenters. The van der Waals surface area contributed by atoms with Crippen molar-refractivity contribution >= 4 is 5.97 Å². The lowest BCUT2D eigenvalue weighted by Crippen LogP contribution is -2.49. The second-order valence-corrected chi connectivity index (χ2v) is 5.84. The predicted molar refractivity (Wildman–Crippen MR) is 78.3 cm³/mol. The van der Waals surface area contributed by atoms with Gasteiger partial charge in [-0.05, 0) is 63.4 Å². The molecule has 0 aliphatic carbocycles. The van der Waals surface area contributed by atoms with Crippen LogP contribution < -0.4 is 4.74 Å². The molecule has 0 amide bonds. The molecule has 4 nitrogen and oxygen atoms in total. The molecule has 1 N–H and O–H groups in total. The van der Waals surface area contributed by atoms with E-state index in [0.29, 0.717) is 19.6 Å². The van der Waals surface area contributed by atoms with Crippen LogP contribution in [0.3, 0.4) is 0 Å². The van der Waals surface area contributed by atoms with Gasteiger partial charge >= 0.3 is 5.97 Å². The predicted octanol–water partition coefficient (Wildman–Crippen LogP) is 2.62. The van der Waals surface area contributed by atoms with Gasteiger partial charge in [-0.25, -0.2) is 0 Å². The molecule has 0 spiro atoms. The second kappa shape index (κ2) is 5.83. The van der Waals surface area contributed by atoms with Gasteiger partial charge in [0, 0.05) is 6.54 Å². The number of hydrogen-bond donors (Lipinski definition) is 1. The Kier molecular flexibility index (Phi) is 4.33. The molecule has 1 aromatic rings. The third-order valence-electron chi connectivity index (χ3n) is 4.08. The van der Waals surface area contributed by atoms with Gasteiger partial charge in [0.25, 0.3) is 0 Å². The Morgan fingerprint density at radius 1 is 1.35 bits per heavy atom. The van der Waals surface area contributed by atoms with Crippen molar-refractivity contribution in [2.24, 2.45) is 0 Å². The molecule has 1 fully saturated rings. The Morgan fingerprint density at radius 3 is 2.60 bits per heavy atom. The number of carboxylic acids is 1. The summed E-state index contributed by atoms with van der Waals surface area (Å²) in [6, 6.07) is 6.12. The van der Waals surface area contributed by atoms with Crippen LogP contribution in [-0.4, -0.2) is 41.2 Å². The Bertz CT molecular complexity index is 480. The van der Waals surface area contributed by atoms with Crippen LogP contribution in [0.5, 0.6) is 5.75 Å². The zero-order chi connectivity index (χ0) is 14.8. The molecule has 1 aliphatic heterocycles. The zero-order valence-corrected chi connectivity index (χ0v) is 12.5. The molecule has 1 heterocycles. The summed E-state index contributed by atoms with van der Waals surface area (Å²) in [6.45, 7) is 7.89. The molecule has 110 valence electrons. The standard InChI is InChI=1S/C16H23NO3/c1-12-9-13(2)11-14(10-12)20-8-7-17-6-4-5-16(17,3)15(18)19/h9-11H,4-8H2,1-3H3,(H,18,19). The lowest BCUT2D eigenvalue weighted by atomic mass is 9.99. The topological polar surface area (TPSA) is 49.8 Å². The average Bonchev–Trinajstić information content (AvgIpc) is 2.71. The molecule has 2 rings (SSSR count). The Morgan fingerprint density at radius 2 is 2.00 bits per heavy atom. The van der Waals surface area contributed by atoms with E-state index >= 15 is 0 Å². The zero-order valence-electron chi connectivity index (χ0n) is 12.5. The summed E-state index contributed by atoms with van der Waals surface area (Å²) in [5, 5.41) is 9.35. The van der Waals surface area contributed by atoms with Crippen molar-refractivity contribution in [3.8, 4) is 5.75 Å². The number of aryl methyl sites for hydroxylation is 2. The van der Waals surface area contributed by atoms with Crippen molar-refractivity contribution in [1.29, 1.82) is 0 Å². The number of rotatable bonds is 5. The average molecular weight is 277 g/mol. The Labute approximate surface area is 120 Å². The van der Waals surface area contributed by atoms with E-state index in [0.717, 1.165) is 18.7 Å². The minimum absolute atomic E-state index is 0.520. The highest BCUT2D eigenvalue weighted by atomic mass is 16.5. The molecule has 1 aliphatic rings. The molecule has 0 saturated carbocycles. The van der Waals surface area contributed by atoms with Crippen molar-refractivity contribution in [3.05, 3.63) is 29.3 Å². The number of nitrogens with zero attached hydrogens (tertiary/aromatic N) is 1. The fourth-order valence-electron chi connectivity index (χ4n) is 2.91. The van der Waals surface area contributed by atoms with E-state index in [1.54, 1.807) is 6.92 Å². The molecule has 0 bridgehead atoms. The monoisotopic (exact) mass is 277 g/mol. The SMILES string of the molecule is Cc1cc(C)cc(OCCN2CCCC2(C)C(=O)O)c1. The molecular weight excluding hydrogens is 254 g/mol. The van der Waals surface area contributed by atoms with Crippen molar-refractivity contribution in [2.75, 3.05) is 19.7 Å². The quantitative estimate of drug-likeness (QED) is 0.899. The summed E-state index contributed by atoms with van der Waals surface area (Å²) in [7, 11) is 0. The van der Waals surface area contributed by atoms with Crippen LogP contribution in [0.25, 0.3) is 0 Å². The molecular formula is C16H23NO3. The van der Waals surface area contributed by atoms with Crippen LogP contribution in [0.2, 0.25) is 0 Å². The van der Waals surface area contributed by atoms with Gasteiger partial charge in [-0.3, -0.25) is 9.69 Å². The van der Waals surface area contributed by atoms with Gasteiger partial charge in [0.2, 0.25) is 0 Å². The van der Waals surface area contributed by atoms with Gasteiger partial charge in [0.15, 0.2) is 0 Å². The fraction of sp³-hybridized carbons (Fsp3) is 0.562. The van der Waals surface area contributed by atoms with Crippen molar-refractivity contribution in [1.82, 2.24) is 4.90 Å². The first-order valence-corrected chi connectivity index (χ1v) is 7.11. The summed E-state index contributed by atoms with van der Waals surface area (Å²) in [5.74, 6) is 0.125. The van der Waals surface area contributed by atoms with Crippen molar-refractivity contribution in [3.63, 3.8) is 0 Å². The van der Waals surface area contributed by atoms with Gasteiger partial charge in [-0.2, -0.15) is 0 Å². The number of benzene rings is 1. The fourth-order valence-corrected chi connectivity index (χ4v) is 2.91. The highest BCUT2D eigenvalue weighted by Gasteiger charge is 2.42. The van der Waals surface area contributed by atoms with E-state index in [-0.39, 0.29) is 0 Å². The van der Waals surface area contributed by atoms with Crippen LogP contribution in [-0.2, 0) is 4.79 Å². The van der Waals surface area contributed by atoms with Crippen LogP contribution in [0, 0.1) is 13.8 Å². The van der Waals surface area contributed by atoms with Crippen molar-refractivity contribution in [2.45, 2.75) is 39.2 Å². The maximum Gasteiger partial charge on any atom is 0.323 e. The molecule has 0 aromatic heterocycles. The molecule has 1 saturated heterocycles.